The van der Waals surface area contributed by atoms with Crippen LogP contribution in [0.2, 0.25) is 0 Å². The number of esters is 1. The Hall–Kier alpha value is -1.92. The van der Waals surface area contributed by atoms with Gasteiger partial charge in [-0.05, 0) is 83.5 Å². The van der Waals surface area contributed by atoms with E-state index in [4.69, 9.17) is 4.74 Å². The van der Waals surface area contributed by atoms with Crippen molar-refractivity contribution < 1.29 is 24.5 Å². The highest BCUT2D eigenvalue weighted by molar-refractivity contribution is 5.76. The third-order valence-electron chi connectivity index (χ3n) is 17.4. The molecule has 0 aliphatic carbocycles. The molecule has 484 valence electrons. The minimum atomic E-state index is -0.849. The summed E-state index contributed by atoms with van der Waals surface area (Å²) in [7, 11) is 0. The quantitative estimate of drug-likeness (QED) is 0.0320. The van der Waals surface area contributed by atoms with E-state index in [0.29, 0.717) is 19.4 Å². The van der Waals surface area contributed by atoms with Gasteiger partial charge >= 0.3 is 5.97 Å². The number of amides is 1. The minimum absolute atomic E-state index is 0.0124. The van der Waals surface area contributed by atoms with Crippen LogP contribution >= 0.6 is 0 Å². The van der Waals surface area contributed by atoms with Gasteiger partial charge in [-0.3, -0.25) is 9.59 Å². The van der Waals surface area contributed by atoms with Crippen LogP contribution in [0.25, 0.3) is 0 Å². The van der Waals surface area contributed by atoms with Gasteiger partial charge in [-0.1, -0.05) is 352 Å². The van der Waals surface area contributed by atoms with Crippen LogP contribution < -0.4 is 5.32 Å². The number of hydrogen-bond acceptors (Lipinski definition) is 5. The smallest absolute Gasteiger partial charge is 0.305 e. The van der Waals surface area contributed by atoms with Crippen LogP contribution in [-0.4, -0.2) is 47.4 Å². The lowest BCUT2D eigenvalue weighted by Crippen LogP contribution is -2.45. The molecule has 0 spiro atoms. The molecule has 0 rings (SSSR count). The summed E-state index contributed by atoms with van der Waals surface area (Å²) < 4.78 is 5.51. The molecule has 1 amide bonds. The second-order valence-electron chi connectivity index (χ2n) is 25.6. The molecular weight excluding hydrogens is 1010 g/mol. The van der Waals surface area contributed by atoms with Gasteiger partial charge in [-0.25, -0.2) is 0 Å². The van der Waals surface area contributed by atoms with Crippen molar-refractivity contribution >= 4 is 11.9 Å². The number of aliphatic hydroxyl groups excluding tert-OH is 2. The number of ether oxygens (including phenoxy) is 1. The summed E-state index contributed by atoms with van der Waals surface area (Å²) in [6.45, 7) is 4.94. The molecule has 0 fully saturated rings. The topological polar surface area (TPSA) is 95.9 Å². The molecule has 0 aromatic carbocycles. The molecule has 0 bridgehead atoms. The van der Waals surface area contributed by atoms with E-state index in [9.17, 15) is 19.8 Å². The number of aliphatic hydroxyl groups is 2. The average molecular weight is 1150 g/mol. The normalized spacial score (nSPS) is 12.7. The molecule has 0 heterocycles. The highest BCUT2D eigenvalue weighted by Gasteiger charge is 2.18. The fourth-order valence-electron chi connectivity index (χ4n) is 11.7. The fraction of sp³-hybridized carbons (Fsp3) is 0.895. The Balaban J connectivity index is 3.41. The molecule has 2 atom stereocenters. The largest absolute Gasteiger partial charge is 0.466 e. The molecule has 0 aliphatic heterocycles. The van der Waals surface area contributed by atoms with Crippen molar-refractivity contribution in [1.29, 1.82) is 0 Å². The van der Waals surface area contributed by atoms with Crippen molar-refractivity contribution in [1.82, 2.24) is 5.32 Å². The Labute approximate surface area is 513 Å². The highest BCUT2D eigenvalue weighted by atomic mass is 16.5. The zero-order chi connectivity index (χ0) is 59.2. The van der Waals surface area contributed by atoms with Crippen LogP contribution in [0.15, 0.2) is 36.5 Å². The van der Waals surface area contributed by atoms with Crippen LogP contribution in [0.3, 0.4) is 0 Å². The van der Waals surface area contributed by atoms with Crippen molar-refractivity contribution in [3.63, 3.8) is 0 Å². The lowest BCUT2D eigenvalue weighted by molar-refractivity contribution is -0.143. The SMILES string of the molecule is CCCCCCCC/C=C\CCCCCCCCCCCC(=O)OCCCCCCCCCCCCCC/C=C\CCCCCCCCCCC(=O)NC(CO)C(O)/C=C/CCCCCCCCCCCCCCCCCCCCCC. The first kappa shape index (κ1) is 80.1. The minimum Gasteiger partial charge on any atom is -0.466 e. The second kappa shape index (κ2) is 71.6. The van der Waals surface area contributed by atoms with E-state index in [1.807, 2.05) is 6.08 Å². The van der Waals surface area contributed by atoms with Crippen molar-refractivity contribution in [2.45, 2.75) is 424 Å². The maximum Gasteiger partial charge on any atom is 0.305 e. The van der Waals surface area contributed by atoms with Crippen molar-refractivity contribution in [3.8, 4) is 0 Å². The molecule has 6 heteroatoms. The van der Waals surface area contributed by atoms with Crippen LogP contribution in [0.5, 0.6) is 0 Å². The molecule has 0 aromatic rings. The first-order valence-corrected chi connectivity index (χ1v) is 37.3. The number of carbonyl (C=O) groups excluding carboxylic acids is 2. The molecule has 2 unspecified atom stereocenters. The van der Waals surface area contributed by atoms with E-state index in [-0.39, 0.29) is 18.5 Å². The van der Waals surface area contributed by atoms with E-state index < -0.39 is 12.1 Å². The molecule has 6 nitrogen and oxygen atoms in total. The highest BCUT2D eigenvalue weighted by Crippen LogP contribution is 2.19. The number of hydrogen-bond donors (Lipinski definition) is 3. The molecule has 3 N–H and O–H groups in total. The van der Waals surface area contributed by atoms with Crippen LogP contribution in [0.1, 0.15) is 412 Å². The summed E-state index contributed by atoms with van der Waals surface area (Å²) in [5.41, 5.74) is 0. The van der Waals surface area contributed by atoms with Gasteiger partial charge < -0.3 is 20.3 Å². The zero-order valence-electron chi connectivity index (χ0n) is 55.5. The Morgan fingerprint density at radius 2 is 0.573 bits per heavy atom. The third-order valence-corrected chi connectivity index (χ3v) is 17.4. The van der Waals surface area contributed by atoms with Gasteiger partial charge in [0.1, 0.15) is 0 Å². The summed E-state index contributed by atoms with van der Waals surface area (Å²) in [5, 5.41) is 23.3. The molecule has 82 heavy (non-hydrogen) atoms. The van der Waals surface area contributed by atoms with Gasteiger partial charge in [0.15, 0.2) is 0 Å². The van der Waals surface area contributed by atoms with E-state index in [1.54, 1.807) is 6.08 Å². The summed E-state index contributed by atoms with van der Waals surface area (Å²) in [6.07, 6.45) is 92.3. The first-order valence-electron chi connectivity index (χ1n) is 37.3. The van der Waals surface area contributed by atoms with Gasteiger partial charge in [-0.15, -0.1) is 0 Å². The van der Waals surface area contributed by atoms with Crippen molar-refractivity contribution in [3.05, 3.63) is 36.5 Å². The Bertz CT molecular complexity index is 1330. The van der Waals surface area contributed by atoms with Crippen LogP contribution in [0.4, 0.5) is 0 Å². The first-order chi connectivity index (χ1) is 40.5. The predicted octanol–water partition coefficient (Wildman–Crippen LogP) is 24.3. The number of carbonyl (C=O) groups is 2. The molecule has 0 saturated carbocycles. The van der Waals surface area contributed by atoms with E-state index in [2.05, 4.69) is 43.5 Å². The Morgan fingerprint density at radius 3 is 0.866 bits per heavy atom. The lowest BCUT2D eigenvalue weighted by atomic mass is 10.0. The van der Waals surface area contributed by atoms with Crippen LogP contribution in [0, 0.1) is 0 Å². The molecule has 0 aromatic heterocycles. The number of rotatable bonds is 70. The maximum atomic E-state index is 12.5. The number of unbranched alkanes of at least 4 members (excludes halogenated alkanes) is 55. The van der Waals surface area contributed by atoms with Gasteiger partial charge in [0.05, 0.1) is 25.4 Å². The van der Waals surface area contributed by atoms with Gasteiger partial charge in [0.25, 0.3) is 0 Å². The summed E-state index contributed by atoms with van der Waals surface area (Å²) in [6, 6.07) is -0.633. The van der Waals surface area contributed by atoms with Crippen molar-refractivity contribution in [2.24, 2.45) is 0 Å². The van der Waals surface area contributed by atoms with Gasteiger partial charge in [0, 0.05) is 12.8 Å². The standard InChI is InChI=1S/C76H145NO5/c1-3-5-7-9-11-13-15-17-19-21-23-24-29-33-36-40-44-48-52-56-60-64-68-74(79)73(72-78)77-75(80)69-65-61-57-53-49-45-41-37-34-30-27-25-26-28-31-35-39-43-47-51-55-59-63-67-71-82-76(81)70-66-62-58-54-50-46-42-38-32-22-20-18-16-14-12-10-8-6-4-2/h18,20,27,30,64,68,73-74,78-79H,3-17,19,21-26,28-29,31-63,65-67,69-72H2,1-2H3,(H,77,80)/b20-18-,30-27-,68-64+. The monoisotopic (exact) mass is 1150 g/mol. The fourth-order valence-corrected chi connectivity index (χ4v) is 11.7. The Kier molecular flexibility index (Phi) is 69.9. The van der Waals surface area contributed by atoms with E-state index in [0.717, 1.165) is 44.9 Å². The molecular formula is C76H145NO5. The second-order valence-corrected chi connectivity index (χ2v) is 25.6. The van der Waals surface area contributed by atoms with E-state index in [1.165, 1.54) is 340 Å². The third kappa shape index (κ3) is 67.2. The summed E-state index contributed by atoms with van der Waals surface area (Å²) in [4.78, 5) is 24.7. The van der Waals surface area contributed by atoms with Crippen LogP contribution in [-0.2, 0) is 14.3 Å². The molecule has 0 saturated heterocycles. The van der Waals surface area contributed by atoms with Gasteiger partial charge in [0.2, 0.25) is 5.91 Å². The lowest BCUT2D eigenvalue weighted by Gasteiger charge is -2.20. The zero-order valence-corrected chi connectivity index (χ0v) is 55.5. The van der Waals surface area contributed by atoms with Gasteiger partial charge in [-0.2, -0.15) is 0 Å². The Morgan fingerprint density at radius 1 is 0.329 bits per heavy atom. The average Bonchev–Trinajstić information content (AvgIpc) is 3.48. The van der Waals surface area contributed by atoms with E-state index >= 15 is 0 Å². The predicted molar refractivity (Wildman–Crippen MR) is 361 cm³/mol. The maximum absolute atomic E-state index is 12.5. The summed E-state index contributed by atoms with van der Waals surface area (Å²) >= 11 is 0. The molecule has 0 radical (unpaired) electrons. The number of nitrogens with one attached hydrogen (secondary N) is 1. The molecule has 0 aliphatic rings. The van der Waals surface area contributed by atoms with Crippen molar-refractivity contribution in [2.75, 3.05) is 13.2 Å². The number of allylic oxidation sites excluding steroid dienone is 5. The summed E-state index contributed by atoms with van der Waals surface area (Å²) in [5.74, 6) is -0.0562.